The Bertz CT molecular complexity index is 868. The van der Waals surface area contributed by atoms with Crippen LogP contribution in [0.5, 0.6) is 0 Å². The number of H-pyrrole nitrogens is 1. The predicted octanol–water partition coefficient (Wildman–Crippen LogP) is 3.86. The summed E-state index contributed by atoms with van der Waals surface area (Å²) in [4.78, 5) is 11.8. The molecular formula is C16H13ClN2O. The number of fused-ring (bicyclic) bond motifs is 1. The van der Waals surface area contributed by atoms with E-state index in [2.05, 4.69) is 10.2 Å². The molecule has 1 N–H and O–H groups in total. The molecule has 100 valence electrons. The van der Waals surface area contributed by atoms with Crippen molar-refractivity contribution in [1.29, 1.82) is 0 Å². The molecule has 3 rings (SSSR count). The molecule has 0 radical (unpaired) electrons. The number of benzene rings is 2. The van der Waals surface area contributed by atoms with E-state index in [0.29, 0.717) is 5.39 Å². The number of hydrogen-bond donors (Lipinski definition) is 1. The van der Waals surface area contributed by atoms with Gasteiger partial charge in [0.1, 0.15) is 0 Å². The van der Waals surface area contributed by atoms with E-state index in [1.54, 1.807) is 6.07 Å². The van der Waals surface area contributed by atoms with E-state index in [9.17, 15) is 4.79 Å². The number of nitrogens with zero attached hydrogens (tertiary/aromatic N) is 1. The number of hydrogen-bond acceptors (Lipinski definition) is 2. The molecule has 0 saturated heterocycles. The third-order valence-corrected chi connectivity index (χ3v) is 3.86. The van der Waals surface area contributed by atoms with Crippen LogP contribution in [0.25, 0.3) is 22.0 Å². The summed E-state index contributed by atoms with van der Waals surface area (Å²) in [6.07, 6.45) is 0. The molecule has 1 heterocycles. The topological polar surface area (TPSA) is 45.8 Å². The molecule has 3 nitrogen and oxygen atoms in total. The van der Waals surface area contributed by atoms with Gasteiger partial charge in [-0.2, -0.15) is 5.10 Å². The summed E-state index contributed by atoms with van der Waals surface area (Å²) in [5.74, 6) is 0. The smallest absolute Gasteiger partial charge is 0.267 e. The van der Waals surface area contributed by atoms with E-state index in [-0.39, 0.29) is 5.56 Å². The van der Waals surface area contributed by atoms with Crippen LogP contribution in [0.15, 0.2) is 41.2 Å². The first-order chi connectivity index (χ1) is 9.58. The first-order valence-corrected chi connectivity index (χ1v) is 6.70. The van der Waals surface area contributed by atoms with E-state index in [0.717, 1.165) is 32.8 Å². The zero-order chi connectivity index (χ0) is 14.3. The zero-order valence-electron chi connectivity index (χ0n) is 11.2. The van der Waals surface area contributed by atoms with Gasteiger partial charge in [0.2, 0.25) is 0 Å². The Morgan fingerprint density at radius 2 is 1.75 bits per heavy atom. The first-order valence-electron chi connectivity index (χ1n) is 6.32. The Balaban J connectivity index is 2.39. The maximum atomic E-state index is 11.8. The van der Waals surface area contributed by atoms with Gasteiger partial charge in [-0.1, -0.05) is 29.8 Å². The van der Waals surface area contributed by atoms with Crippen molar-refractivity contribution in [3.63, 3.8) is 0 Å². The maximum absolute atomic E-state index is 11.8. The normalized spacial score (nSPS) is 10.9. The molecular weight excluding hydrogens is 272 g/mol. The Morgan fingerprint density at radius 3 is 2.50 bits per heavy atom. The Hall–Kier alpha value is -2.13. The molecule has 0 spiro atoms. The molecule has 1 aromatic heterocycles. The molecule has 20 heavy (non-hydrogen) atoms. The molecule has 2 aromatic carbocycles. The van der Waals surface area contributed by atoms with Gasteiger partial charge in [0.05, 0.1) is 11.1 Å². The van der Waals surface area contributed by atoms with Crippen molar-refractivity contribution in [2.45, 2.75) is 13.8 Å². The lowest BCUT2D eigenvalue weighted by Crippen LogP contribution is -2.09. The average molecular weight is 285 g/mol. The van der Waals surface area contributed by atoms with Gasteiger partial charge in [0.15, 0.2) is 0 Å². The van der Waals surface area contributed by atoms with Crippen LogP contribution >= 0.6 is 11.6 Å². The predicted molar refractivity (Wildman–Crippen MR) is 82.3 cm³/mol. The van der Waals surface area contributed by atoms with E-state index in [4.69, 9.17) is 11.6 Å². The van der Waals surface area contributed by atoms with Crippen LogP contribution < -0.4 is 5.56 Å². The molecule has 0 fully saturated rings. The van der Waals surface area contributed by atoms with Crippen LogP contribution in [0.4, 0.5) is 0 Å². The highest BCUT2D eigenvalue weighted by Gasteiger charge is 2.11. The van der Waals surface area contributed by atoms with Crippen molar-refractivity contribution in [1.82, 2.24) is 10.2 Å². The third-order valence-electron chi connectivity index (χ3n) is 3.46. The molecule has 4 heteroatoms. The monoisotopic (exact) mass is 284 g/mol. The maximum Gasteiger partial charge on any atom is 0.272 e. The van der Waals surface area contributed by atoms with Crippen molar-refractivity contribution in [2.24, 2.45) is 0 Å². The fraction of sp³-hybridized carbons (Fsp3) is 0.125. The van der Waals surface area contributed by atoms with Crippen molar-refractivity contribution < 1.29 is 0 Å². The molecule has 0 amide bonds. The molecule has 0 aliphatic carbocycles. The lowest BCUT2D eigenvalue weighted by Gasteiger charge is -2.10. The van der Waals surface area contributed by atoms with Gasteiger partial charge in [0.25, 0.3) is 5.56 Å². The van der Waals surface area contributed by atoms with Crippen molar-refractivity contribution in [2.75, 3.05) is 0 Å². The number of aromatic amines is 1. The van der Waals surface area contributed by atoms with Gasteiger partial charge < -0.3 is 0 Å². The van der Waals surface area contributed by atoms with Gasteiger partial charge in [-0.3, -0.25) is 4.79 Å². The fourth-order valence-corrected chi connectivity index (χ4v) is 2.57. The average Bonchev–Trinajstić information content (AvgIpc) is 2.44. The second kappa shape index (κ2) is 4.76. The Kier molecular flexibility index (Phi) is 3.07. The highest BCUT2D eigenvalue weighted by Crippen LogP contribution is 2.30. The number of nitrogens with one attached hydrogen (secondary N) is 1. The van der Waals surface area contributed by atoms with Crippen LogP contribution in [0.3, 0.4) is 0 Å². The minimum Gasteiger partial charge on any atom is -0.267 e. The lowest BCUT2D eigenvalue weighted by atomic mass is 9.99. The third kappa shape index (κ3) is 2.00. The quantitative estimate of drug-likeness (QED) is 0.737. The Labute approximate surface area is 121 Å². The van der Waals surface area contributed by atoms with Gasteiger partial charge in [-0.25, -0.2) is 5.10 Å². The first kappa shape index (κ1) is 12.9. The minimum atomic E-state index is -0.173. The van der Waals surface area contributed by atoms with E-state index in [1.165, 1.54) is 0 Å². The molecule has 0 atom stereocenters. The largest absolute Gasteiger partial charge is 0.272 e. The van der Waals surface area contributed by atoms with Crippen molar-refractivity contribution >= 4 is 22.4 Å². The van der Waals surface area contributed by atoms with Crippen molar-refractivity contribution in [3.05, 3.63) is 62.9 Å². The SMILES string of the molecule is Cc1cc(-c2n[nH]c(=O)c3ccccc23)c(C)cc1Cl. The second-order valence-electron chi connectivity index (χ2n) is 4.86. The molecule has 0 aliphatic heterocycles. The van der Waals surface area contributed by atoms with Gasteiger partial charge in [-0.05, 0) is 43.2 Å². The minimum absolute atomic E-state index is 0.173. The van der Waals surface area contributed by atoms with Gasteiger partial charge >= 0.3 is 0 Å². The standard InChI is InChI=1S/C16H13ClN2O/c1-9-8-14(17)10(2)7-13(9)15-11-5-3-4-6-12(11)16(20)19-18-15/h3-8H,1-2H3,(H,19,20). The number of halogens is 1. The molecule has 0 bridgehead atoms. The molecule has 0 unspecified atom stereocenters. The Morgan fingerprint density at radius 1 is 1.05 bits per heavy atom. The summed E-state index contributed by atoms with van der Waals surface area (Å²) < 4.78 is 0. The van der Waals surface area contributed by atoms with Crippen LogP contribution in [0.1, 0.15) is 11.1 Å². The summed E-state index contributed by atoms with van der Waals surface area (Å²) in [5.41, 5.74) is 3.61. The summed E-state index contributed by atoms with van der Waals surface area (Å²) in [6, 6.07) is 11.4. The van der Waals surface area contributed by atoms with E-state index in [1.807, 2.05) is 44.2 Å². The number of aryl methyl sites for hydroxylation is 2. The van der Waals surface area contributed by atoms with Crippen LogP contribution in [-0.4, -0.2) is 10.2 Å². The summed E-state index contributed by atoms with van der Waals surface area (Å²) in [7, 11) is 0. The highest BCUT2D eigenvalue weighted by atomic mass is 35.5. The molecule has 3 aromatic rings. The van der Waals surface area contributed by atoms with Crippen LogP contribution in [-0.2, 0) is 0 Å². The summed E-state index contributed by atoms with van der Waals surface area (Å²) in [6.45, 7) is 3.95. The molecule has 0 aliphatic rings. The summed E-state index contributed by atoms with van der Waals surface area (Å²) in [5, 5.41) is 9.02. The number of rotatable bonds is 1. The fourth-order valence-electron chi connectivity index (χ4n) is 2.36. The lowest BCUT2D eigenvalue weighted by molar-refractivity contribution is 1.01. The van der Waals surface area contributed by atoms with Crippen molar-refractivity contribution in [3.8, 4) is 11.3 Å². The van der Waals surface area contributed by atoms with Crippen LogP contribution in [0, 0.1) is 13.8 Å². The van der Waals surface area contributed by atoms with Gasteiger partial charge in [0, 0.05) is 16.0 Å². The van der Waals surface area contributed by atoms with Crippen LogP contribution in [0.2, 0.25) is 5.02 Å². The number of aromatic nitrogens is 2. The van der Waals surface area contributed by atoms with Gasteiger partial charge in [-0.15, -0.1) is 0 Å². The second-order valence-corrected chi connectivity index (χ2v) is 5.27. The summed E-state index contributed by atoms with van der Waals surface area (Å²) >= 11 is 6.14. The zero-order valence-corrected chi connectivity index (χ0v) is 12.0. The van der Waals surface area contributed by atoms with E-state index < -0.39 is 0 Å². The highest BCUT2D eigenvalue weighted by molar-refractivity contribution is 6.31. The molecule has 0 saturated carbocycles. The van der Waals surface area contributed by atoms with E-state index >= 15 is 0 Å².